The summed E-state index contributed by atoms with van der Waals surface area (Å²) in [4.78, 5) is 0.188. The second-order valence-corrected chi connectivity index (χ2v) is 7.82. The van der Waals surface area contributed by atoms with Gasteiger partial charge < -0.3 is 0 Å². The Balaban J connectivity index is 2.29. The average molecular weight is 298 g/mol. The van der Waals surface area contributed by atoms with Crippen molar-refractivity contribution in [2.45, 2.75) is 42.2 Å². The van der Waals surface area contributed by atoms with Crippen LogP contribution in [0.1, 0.15) is 32.6 Å². The summed E-state index contributed by atoms with van der Waals surface area (Å²) in [6.07, 6.45) is 2.90. The molecule has 1 aromatic carbocycles. The number of nitriles is 1. The number of rotatable bonds is 4. The van der Waals surface area contributed by atoms with E-state index in [9.17, 15) is 13.7 Å². The summed E-state index contributed by atoms with van der Waals surface area (Å²) < 4.78 is 23.9. The molecule has 0 saturated heterocycles. The zero-order chi connectivity index (χ0) is 14.1. The fourth-order valence-corrected chi connectivity index (χ4v) is 4.80. The Hall–Kier alpha value is -1.05. The fourth-order valence-electron chi connectivity index (χ4n) is 2.70. The number of hydrogen-bond donors (Lipinski definition) is 0. The molecule has 102 valence electrons. The number of halogens is 1. The van der Waals surface area contributed by atoms with E-state index < -0.39 is 14.6 Å². The predicted octanol–water partition coefficient (Wildman–Crippen LogP) is 3.59. The van der Waals surface area contributed by atoms with Gasteiger partial charge in [-0.3, -0.25) is 0 Å². The van der Waals surface area contributed by atoms with Crippen LogP contribution in [0.3, 0.4) is 0 Å². The standard InChI is InChI=1S/C14H16ClNO2S/c1-2-3-11-8-14(9-11,10-16)19(17,18)13-6-4-12(15)5-7-13/h4-7,11H,2-3,8-9H2,1H3. The lowest BCUT2D eigenvalue weighted by Gasteiger charge is -2.41. The third kappa shape index (κ3) is 2.37. The normalized spacial score (nSPS) is 26.5. The number of hydrogen-bond acceptors (Lipinski definition) is 3. The van der Waals surface area contributed by atoms with E-state index in [1.165, 1.54) is 12.1 Å². The molecule has 1 aliphatic carbocycles. The lowest BCUT2D eigenvalue weighted by atomic mass is 9.73. The van der Waals surface area contributed by atoms with E-state index in [1.54, 1.807) is 12.1 Å². The maximum Gasteiger partial charge on any atom is 0.197 e. The van der Waals surface area contributed by atoms with Gasteiger partial charge >= 0.3 is 0 Å². The second-order valence-electron chi connectivity index (χ2n) is 5.13. The first-order valence-corrected chi connectivity index (χ1v) is 8.23. The molecule has 1 aromatic rings. The molecule has 0 heterocycles. The van der Waals surface area contributed by atoms with E-state index in [4.69, 9.17) is 11.6 Å². The molecule has 0 aliphatic heterocycles. The number of sulfone groups is 1. The highest BCUT2D eigenvalue weighted by molar-refractivity contribution is 7.93. The Morgan fingerprint density at radius 1 is 1.37 bits per heavy atom. The Kier molecular flexibility index (Phi) is 3.89. The molecule has 5 heteroatoms. The van der Waals surface area contributed by atoms with Crippen molar-refractivity contribution in [3.05, 3.63) is 29.3 Å². The molecule has 1 saturated carbocycles. The van der Waals surface area contributed by atoms with Gasteiger partial charge in [-0.2, -0.15) is 5.26 Å². The first-order chi connectivity index (χ1) is 8.95. The van der Waals surface area contributed by atoms with E-state index in [1.807, 2.05) is 6.07 Å². The topological polar surface area (TPSA) is 57.9 Å². The van der Waals surface area contributed by atoms with Crippen molar-refractivity contribution in [1.29, 1.82) is 5.26 Å². The summed E-state index contributed by atoms with van der Waals surface area (Å²) in [7, 11) is -3.60. The van der Waals surface area contributed by atoms with Gasteiger partial charge in [-0.1, -0.05) is 31.4 Å². The van der Waals surface area contributed by atoms with Gasteiger partial charge in [0.1, 0.15) is 0 Å². The van der Waals surface area contributed by atoms with Crippen molar-refractivity contribution in [3.63, 3.8) is 0 Å². The quantitative estimate of drug-likeness (QED) is 0.853. The second kappa shape index (κ2) is 5.15. The molecule has 0 aromatic heterocycles. The van der Waals surface area contributed by atoms with Crippen molar-refractivity contribution in [2.24, 2.45) is 5.92 Å². The molecule has 0 spiro atoms. The van der Waals surface area contributed by atoms with Crippen LogP contribution in [0.4, 0.5) is 0 Å². The molecule has 1 aliphatic rings. The smallest absolute Gasteiger partial charge is 0.197 e. The molecule has 19 heavy (non-hydrogen) atoms. The van der Waals surface area contributed by atoms with Gasteiger partial charge in [0.2, 0.25) is 0 Å². The van der Waals surface area contributed by atoms with Crippen LogP contribution in [-0.2, 0) is 9.84 Å². The largest absolute Gasteiger partial charge is 0.222 e. The molecule has 1 fully saturated rings. The van der Waals surface area contributed by atoms with Crippen molar-refractivity contribution >= 4 is 21.4 Å². The minimum absolute atomic E-state index is 0.188. The summed E-state index contributed by atoms with van der Waals surface area (Å²) in [5.74, 6) is 0.353. The zero-order valence-electron chi connectivity index (χ0n) is 10.8. The van der Waals surface area contributed by atoms with Crippen molar-refractivity contribution in [2.75, 3.05) is 0 Å². The van der Waals surface area contributed by atoms with Gasteiger partial charge in [0, 0.05) is 5.02 Å². The maximum absolute atomic E-state index is 12.6. The summed E-state index contributed by atoms with van der Waals surface area (Å²) in [6.45, 7) is 2.07. The van der Waals surface area contributed by atoms with Crippen molar-refractivity contribution < 1.29 is 8.42 Å². The third-order valence-corrected chi connectivity index (χ3v) is 6.37. The molecule has 3 nitrogen and oxygen atoms in total. The molecule has 0 unspecified atom stereocenters. The summed E-state index contributed by atoms with van der Waals surface area (Å²) in [6, 6.07) is 8.07. The Bertz CT molecular complexity index is 595. The highest BCUT2D eigenvalue weighted by Crippen LogP contribution is 2.48. The van der Waals surface area contributed by atoms with E-state index >= 15 is 0 Å². The highest BCUT2D eigenvalue weighted by atomic mass is 35.5. The lowest BCUT2D eigenvalue weighted by molar-refractivity contribution is 0.247. The fraction of sp³-hybridized carbons (Fsp3) is 0.500. The Morgan fingerprint density at radius 3 is 2.42 bits per heavy atom. The first kappa shape index (κ1) is 14.4. The van der Waals surface area contributed by atoms with Crippen LogP contribution in [0.25, 0.3) is 0 Å². The van der Waals surface area contributed by atoms with Crippen LogP contribution in [0, 0.1) is 17.2 Å². The molecule has 0 bridgehead atoms. The van der Waals surface area contributed by atoms with Crippen molar-refractivity contribution in [3.8, 4) is 6.07 Å². The van der Waals surface area contributed by atoms with E-state index in [-0.39, 0.29) is 4.90 Å². The van der Waals surface area contributed by atoms with Gasteiger partial charge in [0.25, 0.3) is 0 Å². The van der Waals surface area contributed by atoms with Gasteiger partial charge in [-0.05, 0) is 43.0 Å². The van der Waals surface area contributed by atoms with E-state index in [0.717, 1.165) is 12.8 Å². The number of nitrogens with zero attached hydrogens (tertiary/aromatic N) is 1. The van der Waals surface area contributed by atoms with E-state index in [0.29, 0.717) is 23.8 Å². The van der Waals surface area contributed by atoms with Crippen LogP contribution in [0.15, 0.2) is 29.2 Å². The molecular formula is C14H16ClNO2S. The maximum atomic E-state index is 12.6. The average Bonchev–Trinajstić information content (AvgIpc) is 2.33. The molecule has 2 rings (SSSR count). The van der Waals surface area contributed by atoms with Gasteiger partial charge in [-0.25, -0.2) is 8.42 Å². The van der Waals surface area contributed by atoms with Gasteiger partial charge in [-0.15, -0.1) is 0 Å². The molecule has 0 atom stereocenters. The number of benzene rings is 1. The first-order valence-electron chi connectivity index (χ1n) is 6.36. The minimum atomic E-state index is -3.60. The molecule has 0 N–H and O–H groups in total. The molecular weight excluding hydrogens is 282 g/mol. The van der Waals surface area contributed by atoms with Crippen LogP contribution < -0.4 is 0 Å². The van der Waals surface area contributed by atoms with Crippen LogP contribution in [0.2, 0.25) is 5.02 Å². The summed E-state index contributed by atoms with van der Waals surface area (Å²) in [5.41, 5.74) is 0. The summed E-state index contributed by atoms with van der Waals surface area (Å²) in [5, 5.41) is 9.81. The minimum Gasteiger partial charge on any atom is -0.222 e. The molecule has 0 amide bonds. The molecule has 0 radical (unpaired) electrons. The Labute approximate surface area is 119 Å². The Morgan fingerprint density at radius 2 is 1.95 bits per heavy atom. The van der Waals surface area contributed by atoms with Gasteiger partial charge in [0.15, 0.2) is 14.6 Å². The third-order valence-electron chi connectivity index (χ3n) is 3.78. The summed E-state index contributed by atoms with van der Waals surface area (Å²) >= 11 is 5.76. The van der Waals surface area contributed by atoms with Crippen LogP contribution in [-0.4, -0.2) is 13.2 Å². The SMILES string of the molecule is CCCC1CC(C#N)(S(=O)(=O)c2ccc(Cl)cc2)C1. The zero-order valence-corrected chi connectivity index (χ0v) is 12.3. The highest BCUT2D eigenvalue weighted by Gasteiger charge is 2.54. The monoisotopic (exact) mass is 297 g/mol. The van der Waals surface area contributed by atoms with Crippen LogP contribution in [0.5, 0.6) is 0 Å². The van der Waals surface area contributed by atoms with E-state index in [2.05, 4.69) is 6.92 Å². The van der Waals surface area contributed by atoms with Crippen molar-refractivity contribution in [1.82, 2.24) is 0 Å². The lowest BCUT2D eigenvalue weighted by Crippen LogP contribution is -2.49. The van der Waals surface area contributed by atoms with Gasteiger partial charge in [0.05, 0.1) is 11.0 Å². The van der Waals surface area contributed by atoms with Crippen LogP contribution >= 0.6 is 11.6 Å². The predicted molar refractivity (Wildman–Crippen MR) is 74.6 cm³/mol.